The molecule has 1 aliphatic heterocycles. The van der Waals surface area contributed by atoms with Crippen molar-refractivity contribution in [3.8, 4) is 0 Å². The van der Waals surface area contributed by atoms with Crippen LogP contribution < -0.4 is 0 Å². The first kappa shape index (κ1) is 18.2. The normalized spacial score (nSPS) is 43.1. The van der Waals surface area contributed by atoms with Gasteiger partial charge in [-0.05, 0) is 55.7 Å². The minimum absolute atomic E-state index is 0.0354. The number of hydrogen-bond donors (Lipinski definition) is 1. The second kappa shape index (κ2) is 7.63. The smallest absolute Gasteiger partial charge is 0.244 e. The summed E-state index contributed by atoms with van der Waals surface area (Å²) in [5, 5.41) is 0. The molecule has 3 nitrogen and oxygen atoms in total. The number of rotatable bonds is 6. The lowest BCUT2D eigenvalue weighted by Gasteiger charge is -2.25. The summed E-state index contributed by atoms with van der Waals surface area (Å²) in [4.78, 5) is 0. The highest BCUT2D eigenvalue weighted by Crippen LogP contribution is 2.57. The average Bonchev–Trinajstić information content (AvgIpc) is 2.88. The Kier molecular flexibility index (Phi) is 6.62. The van der Waals surface area contributed by atoms with Crippen LogP contribution in [0.5, 0.6) is 0 Å². The van der Waals surface area contributed by atoms with Crippen molar-refractivity contribution < 1.29 is 13.8 Å². The van der Waals surface area contributed by atoms with Crippen LogP contribution in [-0.2, 0) is 25.6 Å². The van der Waals surface area contributed by atoms with Gasteiger partial charge >= 0.3 is 0 Å². The van der Waals surface area contributed by atoms with E-state index in [9.17, 15) is 0 Å². The van der Waals surface area contributed by atoms with Crippen LogP contribution in [0.1, 0.15) is 53.4 Å². The number of thiol groups is 1. The van der Waals surface area contributed by atoms with Gasteiger partial charge in [0, 0.05) is 6.42 Å². The van der Waals surface area contributed by atoms with E-state index in [0.29, 0.717) is 18.4 Å². The van der Waals surface area contributed by atoms with E-state index < -0.39 is 5.69 Å². The van der Waals surface area contributed by atoms with E-state index >= 15 is 0 Å². The van der Waals surface area contributed by atoms with E-state index in [0.717, 1.165) is 18.8 Å². The van der Waals surface area contributed by atoms with E-state index in [1.165, 1.54) is 12.8 Å². The van der Waals surface area contributed by atoms with Gasteiger partial charge in [0.15, 0.2) is 0 Å². The Morgan fingerprint density at radius 3 is 2.52 bits per heavy atom. The van der Waals surface area contributed by atoms with Crippen molar-refractivity contribution >= 4 is 29.7 Å². The van der Waals surface area contributed by atoms with Crippen molar-refractivity contribution in [3.63, 3.8) is 0 Å². The first-order valence-electron chi connectivity index (χ1n) is 8.12. The Morgan fingerprint density at radius 1 is 1.24 bits per heavy atom. The summed E-state index contributed by atoms with van der Waals surface area (Å²) >= 11 is 10.0. The van der Waals surface area contributed by atoms with Crippen LogP contribution in [0.15, 0.2) is 0 Å². The molecule has 0 N–H and O–H groups in total. The van der Waals surface area contributed by atoms with Gasteiger partial charge in [-0.1, -0.05) is 33.0 Å². The van der Waals surface area contributed by atoms with Crippen molar-refractivity contribution in [2.75, 3.05) is 6.61 Å². The molecule has 0 spiro atoms. The van der Waals surface area contributed by atoms with Gasteiger partial charge in [-0.3, -0.25) is 0 Å². The third-order valence-electron chi connectivity index (χ3n) is 4.79. The van der Waals surface area contributed by atoms with Crippen molar-refractivity contribution in [1.29, 1.82) is 0 Å². The summed E-state index contributed by atoms with van der Waals surface area (Å²) in [6.45, 7) is 9.50. The van der Waals surface area contributed by atoms with Gasteiger partial charge in [0.05, 0.1) is 24.9 Å². The second-order valence-corrected chi connectivity index (χ2v) is 12.1. The van der Waals surface area contributed by atoms with Crippen LogP contribution in [0.2, 0.25) is 0 Å². The van der Waals surface area contributed by atoms with E-state index in [1.54, 1.807) is 0 Å². The maximum atomic E-state index is 6.04. The van der Waals surface area contributed by atoms with Crippen molar-refractivity contribution in [2.45, 2.75) is 71.7 Å². The molecule has 1 heterocycles. The van der Waals surface area contributed by atoms with Crippen LogP contribution in [0.25, 0.3) is 0 Å². The quantitative estimate of drug-likeness (QED) is 0.548. The Morgan fingerprint density at radius 2 is 1.95 bits per heavy atom. The minimum Gasteiger partial charge on any atom is -0.372 e. The molecule has 0 aromatic carbocycles. The summed E-state index contributed by atoms with van der Waals surface area (Å²) < 4.78 is 17.8. The lowest BCUT2D eigenvalue weighted by Crippen LogP contribution is -2.22. The zero-order valence-electron chi connectivity index (χ0n) is 13.5. The maximum Gasteiger partial charge on any atom is 0.244 e. The molecular formula is C15H29O3PS2. The lowest BCUT2D eigenvalue weighted by molar-refractivity contribution is 0.0210. The van der Waals surface area contributed by atoms with Crippen LogP contribution >= 0.6 is 17.9 Å². The Bertz CT molecular complexity index is 393. The maximum absolute atomic E-state index is 6.04. The fraction of sp³-hybridized carbons (Fsp3) is 1.00. The molecule has 1 saturated heterocycles. The zero-order valence-corrected chi connectivity index (χ0v) is 16.1. The summed E-state index contributed by atoms with van der Waals surface area (Å²) in [6.07, 6.45) is 4.74. The fourth-order valence-electron chi connectivity index (χ4n) is 3.69. The third-order valence-corrected chi connectivity index (χ3v) is 7.01. The molecule has 0 bridgehead atoms. The fourth-order valence-corrected chi connectivity index (χ4v) is 5.77. The highest BCUT2D eigenvalue weighted by Gasteiger charge is 2.36. The molecule has 0 aromatic heterocycles. The van der Waals surface area contributed by atoms with Gasteiger partial charge in [0.25, 0.3) is 0 Å². The second-order valence-electron chi connectivity index (χ2n) is 6.85. The van der Waals surface area contributed by atoms with E-state index in [4.69, 9.17) is 25.6 Å². The summed E-state index contributed by atoms with van der Waals surface area (Å²) in [5.74, 6) is 2.10. The van der Waals surface area contributed by atoms with Gasteiger partial charge in [-0.15, -0.1) is 0 Å². The highest BCUT2D eigenvalue weighted by atomic mass is 32.9. The molecule has 0 aromatic rings. The predicted octanol–water partition coefficient (Wildman–Crippen LogP) is 4.81. The zero-order chi connectivity index (χ0) is 15.6. The Hall–Kier alpha value is 0.880. The largest absolute Gasteiger partial charge is 0.372 e. The lowest BCUT2D eigenvalue weighted by atomic mass is 10.00. The minimum atomic E-state index is -2.47. The molecule has 2 aliphatic rings. The average molecular weight is 353 g/mol. The van der Waals surface area contributed by atoms with E-state index in [-0.39, 0.29) is 18.3 Å². The van der Waals surface area contributed by atoms with Gasteiger partial charge in [-0.2, -0.15) is 0 Å². The third kappa shape index (κ3) is 5.19. The van der Waals surface area contributed by atoms with Gasteiger partial charge < -0.3 is 13.8 Å². The predicted molar refractivity (Wildman–Crippen MR) is 94.4 cm³/mol. The van der Waals surface area contributed by atoms with Crippen molar-refractivity contribution in [1.82, 2.24) is 0 Å². The molecule has 7 unspecified atom stereocenters. The van der Waals surface area contributed by atoms with Crippen molar-refractivity contribution in [3.05, 3.63) is 0 Å². The van der Waals surface area contributed by atoms with Gasteiger partial charge in [-0.25, -0.2) is 0 Å². The molecule has 1 saturated carbocycles. The SMILES string of the molecule is CCC1OC(C)CC1OP(=S)(S)OCC1CC(C)CC1C. The van der Waals surface area contributed by atoms with Crippen LogP contribution in [-0.4, -0.2) is 24.9 Å². The molecular weight excluding hydrogens is 323 g/mol. The Labute approximate surface area is 139 Å². The first-order valence-corrected chi connectivity index (χ1v) is 11.9. The highest BCUT2D eigenvalue weighted by molar-refractivity contribution is 8.60. The topological polar surface area (TPSA) is 27.7 Å². The Balaban J connectivity index is 1.83. The molecule has 6 heteroatoms. The number of ether oxygens (including phenoxy) is 1. The summed E-state index contributed by atoms with van der Waals surface area (Å²) in [6, 6.07) is 0. The summed E-state index contributed by atoms with van der Waals surface area (Å²) in [7, 11) is 0. The molecule has 7 atom stereocenters. The van der Waals surface area contributed by atoms with Gasteiger partial charge in [0.2, 0.25) is 5.69 Å². The molecule has 2 fully saturated rings. The van der Waals surface area contributed by atoms with Crippen molar-refractivity contribution in [2.24, 2.45) is 17.8 Å². The molecule has 21 heavy (non-hydrogen) atoms. The van der Waals surface area contributed by atoms with E-state index in [1.807, 2.05) is 0 Å². The molecule has 0 radical (unpaired) electrons. The van der Waals surface area contributed by atoms with Crippen LogP contribution in [0.4, 0.5) is 0 Å². The number of hydrogen-bond acceptors (Lipinski definition) is 4. The molecule has 0 amide bonds. The molecule has 124 valence electrons. The van der Waals surface area contributed by atoms with Crippen LogP contribution in [0.3, 0.4) is 0 Å². The summed E-state index contributed by atoms with van der Waals surface area (Å²) in [5.41, 5.74) is -2.47. The van der Waals surface area contributed by atoms with E-state index in [2.05, 4.69) is 39.9 Å². The monoisotopic (exact) mass is 352 g/mol. The standard InChI is InChI=1S/C15H29O3PS2/c1-5-14-15(8-12(4)17-14)18-19(20,21)16-9-13-7-10(2)6-11(13)3/h10-15H,5-9H2,1-4H3,(H,20,21). The first-order chi connectivity index (χ1) is 9.80. The molecule has 2 rings (SSSR count). The van der Waals surface area contributed by atoms with Gasteiger partial charge in [0.1, 0.15) is 0 Å². The molecule has 1 aliphatic carbocycles. The van der Waals surface area contributed by atoms with Crippen LogP contribution in [0, 0.1) is 17.8 Å².